The summed E-state index contributed by atoms with van der Waals surface area (Å²) in [6.07, 6.45) is 0. The number of hydrogen-bond donors (Lipinski definition) is 1. The van der Waals surface area contributed by atoms with Gasteiger partial charge in [0.2, 0.25) is 5.78 Å². The predicted octanol–water partition coefficient (Wildman–Crippen LogP) is 4.84. The van der Waals surface area contributed by atoms with Crippen molar-refractivity contribution >= 4 is 28.8 Å². The summed E-state index contributed by atoms with van der Waals surface area (Å²) in [7, 11) is 0. The molecule has 0 spiro atoms. The van der Waals surface area contributed by atoms with Gasteiger partial charge in [0.25, 0.3) is 5.91 Å². The number of fused-ring (bicyclic) bond motifs is 1. The van der Waals surface area contributed by atoms with Gasteiger partial charge in [-0.15, -0.1) is 10.2 Å². The lowest BCUT2D eigenvalue weighted by Crippen LogP contribution is -2.17. The molecule has 0 saturated heterocycles. The normalized spacial score (nSPS) is 14.7. The summed E-state index contributed by atoms with van der Waals surface area (Å²) in [5.74, 6) is -0.259. The van der Waals surface area contributed by atoms with E-state index in [1.807, 2.05) is 42.5 Å². The lowest BCUT2D eigenvalue weighted by Gasteiger charge is -2.07. The van der Waals surface area contributed by atoms with Crippen molar-refractivity contribution in [2.24, 2.45) is 10.2 Å². The van der Waals surface area contributed by atoms with Crippen molar-refractivity contribution in [2.45, 2.75) is 19.8 Å². The summed E-state index contributed by atoms with van der Waals surface area (Å²) < 4.78 is 0. The molecule has 0 unspecified atom stereocenters. The number of ketones is 1. The quantitative estimate of drug-likeness (QED) is 0.381. The standard InChI is InChI=1S/C25H21N3O2/c1-16(2)19-13-14-21-20(15-19)23(25(30)26-21)28-27-22(17-9-5-3-6-10-17)24(29)18-11-7-4-8-12-18/h3-16H,1-2H3,(H,26,28,30)/b27-22+. The fourth-order valence-corrected chi connectivity index (χ4v) is 3.29. The van der Waals surface area contributed by atoms with Crippen LogP contribution in [0.25, 0.3) is 0 Å². The molecule has 1 N–H and O–H groups in total. The molecular weight excluding hydrogens is 374 g/mol. The largest absolute Gasteiger partial charge is 0.320 e. The molecule has 0 bridgehead atoms. The van der Waals surface area contributed by atoms with E-state index < -0.39 is 0 Å². The van der Waals surface area contributed by atoms with Crippen LogP contribution in [0.2, 0.25) is 0 Å². The fraction of sp³-hybridized carbons (Fsp3) is 0.120. The van der Waals surface area contributed by atoms with Crippen LogP contribution in [0.1, 0.15) is 46.8 Å². The Labute approximate surface area is 175 Å². The maximum Gasteiger partial charge on any atom is 0.276 e. The summed E-state index contributed by atoms with van der Waals surface area (Å²) in [6.45, 7) is 4.18. The van der Waals surface area contributed by atoms with E-state index in [9.17, 15) is 9.59 Å². The monoisotopic (exact) mass is 395 g/mol. The number of rotatable bonds is 5. The van der Waals surface area contributed by atoms with Crippen LogP contribution in [0, 0.1) is 0 Å². The summed E-state index contributed by atoms with van der Waals surface area (Å²) in [6, 6.07) is 23.9. The summed E-state index contributed by atoms with van der Waals surface area (Å²) in [5.41, 5.74) is 4.07. The van der Waals surface area contributed by atoms with E-state index in [1.54, 1.807) is 36.4 Å². The van der Waals surface area contributed by atoms with Crippen LogP contribution in [-0.2, 0) is 4.79 Å². The molecule has 0 saturated carbocycles. The zero-order chi connectivity index (χ0) is 21.1. The number of benzene rings is 3. The van der Waals surface area contributed by atoms with Gasteiger partial charge in [0.15, 0.2) is 5.71 Å². The van der Waals surface area contributed by atoms with Gasteiger partial charge in [-0.3, -0.25) is 9.59 Å². The van der Waals surface area contributed by atoms with Gasteiger partial charge in [-0.05, 0) is 23.6 Å². The first kappa shape index (κ1) is 19.5. The van der Waals surface area contributed by atoms with Crippen LogP contribution in [-0.4, -0.2) is 23.1 Å². The van der Waals surface area contributed by atoms with Crippen molar-refractivity contribution in [2.75, 3.05) is 5.32 Å². The second-order valence-corrected chi connectivity index (χ2v) is 7.37. The van der Waals surface area contributed by atoms with Gasteiger partial charge >= 0.3 is 0 Å². The molecule has 0 aliphatic carbocycles. The molecule has 1 aliphatic heterocycles. The van der Waals surface area contributed by atoms with Crippen LogP contribution in [0.4, 0.5) is 5.69 Å². The molecular formula is C25H21N3O2. The summed E-state index contributed by atoms with van der Waals surface area (Å²) >= 11 is 0. The minimum absolute atomic E-state index is 0.190. The van der Waals surface area contributed by atoms with Gasteiger partial charge in [-0.1, -0.05) is 80.6 Å². The summed E-state index contributed by atoms with van der Waals surface area (Å²) in [4.78, 5) is 25.6. The number of nitrogens with zero attached hydrogens (tertiary/aromatic N) is 2. The number of amides is 1. The third kappa shape index (κ3) is 3.82. The lowest BCUT2D eigenvalue weighted by molar-refractivity contribution is -0.110. The van der Waals surface area contributed by atoms with Crippen molar-refractivity contribution < 1.29 is 9.59 Å². The minimum Gasteiger partial charge on any atom is -0.320 e. The number of hydrogen-bond acceptors (Lipinski definition) is 4. The number of Topliss-reactive ketones (excluding diaryl/α,β-unsaturated/α-hetero) is 1. The first-order valence-electron chi connectivity index (χ1n) is 9.81. The molecule has 148 valence electrons. The zero-order valence-electron chi connectivity index (χ0n) is 16.8. The number of nitrogens with one attached hydrogen (secondary N) is 1. The molecule has 0 atom stereocenters. The molecule has 1 amide bonds. The molecule has 5 heteroatoms. The Balaban J connectivity index is 1.80. The van der Waals surface area contributed by atoms with Crippen LogP contribution in [0.3, 0.4) is 0 Å². The van der Waals surface area contributed by atoms with Crippen LogP contribution < -0.4 is 5.32 Å². The molecule has 0 radical (unpaired) electrons. The molecule has 1 aliphatic rings. The van der Waals surface area contributed by atoms with Crippen LogP contribution >= 0.6 is 0 Å². The Kier molecular flexibility index (Phi) is 5.35. The van der Waals surface area contributed by atoms with E-state index in [-0.39, 0.29) is 23.1 Å². The highest BCUT2D eigenvalue weighted by Gasteiger charge is 2.27. The third-order valence-corrected chi connectivity index (χ3v) is 4.98. The molecule has 4 rings (SSSR count). The van der Waals surface area contributed by atoms with E-state index in [1.165, 1.54) is 0 Å². The average molecular weight is 395 g/mol. The van der Waals surface area contributed by atoms with Crippen molar-refractivity contribution in [3.63, 3.8) is 0 Å². The molecule has 0 fully saturated rings. The third-order valence-electron chi connectivity index (χ3n) is 4.98. The predicted molar refractivity (Wildman–Crippen MR) is 119 cm³/mol. The highest BCUT2D eigenvalue weighted by atomic mass is 16.2. The van der Waals surface area contributed by atoms with Gasteiger partial charge in [0, 0.05) is 16.7 Å². The van der Waals surface area contributed by atoms with Crippen LogP contribution in [0.5, 0.6) is 0 Å². The van der Waals surface area contributed by atoms with E-state index in [0.29, 0.717) is 28.3 Å². The topological polar surface area (TPSA) is 70.9 Å². The molecule has 3 aromatic rings. The fourth-order valence-electron chi connectivity index (χ4n) is 3.29. The van der Waals surface area contributed by atoms with Crippen molar-refractivity contribution in [3.8, 4) is 0 Å². The summed E-state index contributed by atoms with van der Waals surface area (Å²) in [5, 5.41) is 11.3. The number of anilines is 1. The molecule has 5 nitrogen and oxygen atoms in total. The Morgan fingerprint density at radius 3 is 2.13 bits per heavy atom. The Bertz CT molecular complexity index is 1160. The van der Waals surface area contributed by atoms with E-state index in [2.05, 4.69) is 29.4 Å². The molecule has 30 heavy (non-hydrogen) atoms. The second kappa shape index (κ2) is 8.25. The van der Waals surface area contributed by atoms with E-state index in [0.717, 1.165) is 5.56 Å². The first-order valence-corrected chi connectivity index (χ1v) is 9.81. The molecule has 1 heterocycles. The van der Waals surface area contributed by atoms with Gasteiger partial charge < -0.3 is 5.32 Å². The maximum atomic E-state index is 13.1. The Morgan fingerprint density at radius 2 is 1.50 bits per heavy atom. The highest BCUT2D eigenvalue weighted by Crippen LogP contribution is 2.27. The SMILES string of the molecule is CC(C)c1ccc2c(c1)/C(=N/N=C(/C(=O)c1ccccc1)c1ccccc1)C(=O)N2. The zero-order valence-corrected chi connectivity index (χ0v) is 16.8. The molecule has 0 aromatic heterocycles. The van der Waals surface area contributed by atoms with Crippen molar-refractivity contribution in [3.05, 3.63) is 101 Å². The minimum atomic E-state index is -0.325. The number of carbonyl (C=O) groups is 2. The second-order valence-electron chi connectivity index (χ2n) is 7.37. The van der Waals surface area contributed by atoms with Gasteiger partial charge in [-0.25, -0.2) is 0 Å². The Hall–Kier alpha value is -3.86. The van der Waals surface area contributed by atoms with Gasteiger partial charge in [0.05, 0.1) is 5.69 Å². The average Bonchev–Trinajstić information content (AvgIpc) is 3.09. The van der Waals surface area contributed by atoms with Gasteiger partial charge in [-0.2, -0.15) is 0 Å². The van der Waals surface area contributed by atoms with E-state index >= 15 is 0 Å². The highest BCUT2D eigenvalue weighted by molar-refractivity contribution is 6.54. The van der Waals surface area contributed by atoms with Crippen LogP contribution in [0.15, 0.2) is 89.1 Å². The van der Waals surface area contributed by atoms with Gasteiger partial charge in [0.1, 0.15) is 5.71 Å². The first-order chi connectivity index (χ1) is 14.5. The number of carbonyl (C=O) groups excluding carboxylic acids is 2. The van der Waals surface area contributed by atoms with Crippen molar-refractivity contribution in [1.82, 2.24) is 0 Å². The smallest absolute Gasteiger partial charge is 0.276 e. The van der Waals surface area contributed by atoms with E-state index in [4.69, 9.17) is 0 Å². The Morgan fingerprint density at radius 1 is 0.867 bits per heavy atom. The van der Waals surface area contributed by atoms with Crippen molar-refractivity contribution in [1.29, 1.82) is 0 Å². The maximum absolute atomic E-state index is 13.1. The molecule has 3 aromatic carbocycles. The lowest BCUT2D eigenvalue weighted by atomic mass is 9.99.